The molecule has 0 unspecified atom stereocenters. The molecule has 0 radical (unpaired) electrons. The van der Waals surface area contributed by atoms with Crippen LogP contribution < -0.4 is 10.5 Å². The van der Waals surface area contributed by atoms with Gasteiger partial charge in [-0.3, -0.25) is 9.69 Å². The van der Waals surface area contributed by atoms with E-state index in [9.17, 15) is 9.59 Å². The Morgan fingerprint density at radius 1 is 1.47 bits per heavy atom. The first-order valence-electron chi connectivity index (χ1n) is 5.68. The summed E-state index contributed by atoms with van der Waals surface area (Å²) in [6, 6.07) is 7.21. The maximum atomic E-state index is 11.8. The molecule has 6 nitrogen and oxygen atoms in total. The number of carboxylic acid groups (broad SMARTS) is 1. The zero-order valence-electron chi connectivity index (χ0n) is 10.4. The van der Waals surface area contributed by atoms with E-state index in [1.165, 1.54) is 12.0 Å². The van der Waals surface area contributed by atoms with Gasteiger partial charge in [-0.1, -0.05) is 18.2 Å². The van der Waals surface area contributed by atoms with Crippen molar-refractivity contribution in [3.05, 3.63) is 41.2 Å². The number of methoxy groups -OCH3 is 1. The largest absolute Gasteiger partial charge is 0.496 e. The van der Waals surface area contributed by atoms with Crippen molar-refractivity contribution in [2.24, 2.45) is 5.73 Å². The average molecular weight is 262 g/mol. The minimum Gasteiger partial charge on any atom is -0.496 e. The minimum atomic E-state index is -1.16. The fraction of sp³-hybridized carbons (Fsp3) is 0.231. The Kier molecular flexibility index (Phi) is 3.41. The summed E-state index contributed by atoms with van der Waals surface area (Å²) < 4.78 is 5.19. The molecule has 0 aliphatic carbocycles. The van der Waals surface area contributed by atoms with Gasteiger partial charge in [-0.25, -0.2) is 4.79 Å². The van der Waals surface area contributed by atoms with Crippen LogP contribution in [-0.2, 0) is 16.1 Å². The van der Waals surface area contributed by atoms with Crippen molar-refractivity contribution in [3.63, 3.8) is 0 Å². The number of amides is 1. The average Bonchev–Trinajstić information content (AvgIpc) is 2.67. The molecule has 2 rings (SSSR count). The fourth-order valence-corrected chi connectivity index (χ4v) is 2.00. The maximum absolute atomic E-state index is 11.8. The quantitative estimate of drug-likeness (QED) is 0.832. The summed E-state index contributed by atoms with van der Waals surface area (Å²) >= 11 is 0. The maximum Gasteiger partial charge on any atom is 0.335 e. The van der Waals surface area contributed by atoms with Crippen LogP contribution in [0.25, 0.3) is 0 Å². The number of nitrogens with zero attached hydrogens (tertiary/aromatic N) is 1. The van der Waals surface area contributed by atoms with E-state index >= 15 is 0 Å². The molecule has 0 saturated heterocycles. The smallest absolute Gasteiger partial charge is 0.335 e. The number of nitrogens with two attached hydrogens (primary N) is 1. The second-order valence-electron chi connectivity index (χ2n) is 4.14. The topological polar surface area (TPSA) is 92.9 Å². The molecular formula is C13H14N2O4. The third-order valence-corrected chi connectivity index (χ3v) is 3.01. The molecule has 0 fully saturated rings. The van der Waals surface area contributed by atoms with Gasteiger partial charge in [0.15, 0.2) is 0 Å². The third-order valence-electron chi connectivity index (χ3n) is 3.01. The van der Waals surface area contributed by atoms with E-state index in [1.807, 2.05) is 12.1 Å². The van der Waals surface area contributed by atoms with E-state index in [2.05, 4.69) is 0 Å². The van der Waals surface area contributed by atoms with Crippen LogP contribution in [-0.4, -0.2) is 29.0 Å². The lowest BCUT2D eigenvalue weighted by Gasteiger charge is -2.19. The molecule has 100 valence electrons. The normalized spacial score (nSPS) is 15.0. The first kappa shape index (κ1) is 12.9. The molecule has 0 bridgehead atoms. The van der Waals surface area contributed by atoms with Crippen LogP contribution in [0.15, 0.2) is 35.7 Å². The number of aliphatic carboxylic acids is 1. The number of hydrogen-bond donors (Lipinski definition) is 2. The highest BCUT2D eigenvalue weighted by atomic mass is 16.5. The van der Waals surface area contributed by atoms with Crippen LogP contribution in [0.3, 0.4) is 0 Å². The van der Waals surface area contributed by atoms with Crippen molar-refractivity contribution in [1.29, 1.82) is 0 Å². The van der Waals surface area contributed by atoms with Crippen LogP contribution in [0, 0.1) is 0 Å². The minimum absolute atomic E-state index is 0.00315. The molecule has 0 saturated carbocycles. The number of ether oxygens (including phenoxy) is 1. The van der Waals surface area contributed by atoms with Gasteiger partial charge < -0.3 is 15.6 Å². The van der Waals surface area contributed by atoms with Crippen LogP contribution in [0.1, 0.15) is 12.0 Å². The highest BCUT2D eigenvalue weighted by molar-refractivity contribution is 5.99. The summed E-state index contributed by atoms with van der Waals surface area (Å²) in [4.78, 5) is 24.0. The van der Waals surface area contributed by atoms with Crippen molar-refractivity contribution in [2.45, 2.75) is 13.0 Å². The second kappa shape index (κ2) is 5.01. The number of carbonyl (C=O) groups excluding carboxylic acids is 1. The predicted molar refractivity (Wildman–Crippen MR) is 67.0 cm³/mol. The molecular weight excluding hydrogens is 248 g/mol. The first-order valence-corrected chi connectivity index (χ1v) is 5.68. The van der Waals surface area contributed by atoms with Crippen molar-refractivity contribution < 1.29 is 19.4 Å². The SMILES string of the molecule is COc1ccccc1CN1C(=O)CC(C(=O)O)=C1N. The number of carboxylic acids is 1. The molecule has 3 N–H and O–H groups in total. The van der Waals surface area contributed by atoms with E-state index in [-0.39, 0.29) is 30.3 Å². The summed E-state index contributed by atoms with van der Waals surface area (Å²) in [6.45, 7) is 0.200. The Labute approximate surface area is 110 Å². The number of benzene rings is 1. The Morgan fingerprint density at radius 2 is 2.16 bits per heavy atom. The summed E-state index contributed by atoms with van der Waals surface area (Å²) in [5.74, 6) is -0.843. The number of rotatable bonds is 4. The van der Waals surface area contributed by atoms with Crippen LogP contribution in [0.2, 0.25) is 0 Å². The molecule has 1 aromatic rings. The lowest BCUT2D eigenvalue weighted by molar-refractivity contribution is -0.134. The zero-order chi connectivity index (χ0) is 14.0. The third kappa shape index (κ3) is 2.37. The Bertz CT molecular complexity index is 566. The highest BCUT2D eigenvalue weighted by Crippen LogP contribution is 2.26. The van der Waals surface area contributed by atoms with Crippen molar-refractivity contribution >= 4 is 11.9 Å². The van der Waals surface area contributed by atoms with Gasteiger partial charge in [-0.15, -0.1) is 0 Å². The molecule has 1 aliphatic rings. The van der Waals surface area contributed by atoms with Gasteiger partial charge in [-0.2, -0.15) is 0 Å². The Hall–Kier alpha value is -2.50. The summed E-state index contributed by atoms with van der Waals surface area (Å²) in [7, 11) is 1.53. The number of para-hydroxylation sites is 1. The molecule has 0 spiro atoms. The Morgan fingerprint density at radius 3 is 2.74 bits per heavy atom. The van der Waals surface area contributed by atoms with E-state index in [0.29, 0.717) is 5.75 Å². The lowest BCUT2D eigenvalue weighted by atomic mass is 10.2. The molecule has 19 heavy (non-hydrogen) atoms. The van der Waals surface area contributed by atoms with Gasteiger partial charge in [0.05, 0.1) is 25.6 Å². The van der Waals surface area contributed by atoms with E-state index in [4.69, 9.17) is 15.6 Å². The summed E-state index contributed by atoms with van der Waals surface area (Å²) in [5.41, 5.74) is 6.43. The van der Waals surface area contributed by atoms with Gasteiger partial charge in [0, 0.05) is 5.56 Å². The number of carbonyl (C=O) groups is 2. The zero-order valence-corrected chi connectivity index (χ0v) is 10.4. The molecule has 1 aromatic carbocycles. The number of hydrogen-bond acceptors (Lipinski definition) is 4. The van der Waals surface area contributed by atoms with Gasteiger partial charge in [-0.05, 0) is 6.07 Å². The van der Waals surface area contributed by atoms with E-state index < -0.39 is 5.97 Å². The highest BCUT2D eigenvalue weighted by Gasteiger charge is 2.32. The first-order chi connectivity index (χ1) is 9.04. The van der Waals surface area contributed by atoms with E-state index in [0.717, 1.165) is 5.56 Å². The molecule has 1 amide bonds. The molecule has 1 aliphatic heterocycles. The van der Waals surface area contributed by atoms with Crippen molar-refractivity contribution in [1.82, 2.24) is 4.90 Å². The standard InChI is InChI=1S/C13H14N2O4/c1-19-10-5-3-2-4-8(10)7-15-11(16)6-9(12(15)14)13(17)18/h2-5H,6-7,14H2,1H3,(H,17,18). The van der Waals surface area contributed by atoms with Crippen LogP contribution in [0.5, 0.6) is 5.75 Å². The summed E-state index contributed by atoms with van der Waals surface area (Å²) in [6.07, 6.45) is -0.170. The van der Waals surface area contributed by atoms with Gasteiger partial charge in [0.1, 0.15) is 11.6 Å². The van der Waals surface area contributed by atoms with Crippen LogP contribution in [0.4, 0.5) is 0 Å². The summed E-state index contributed by atoms with van der Waals surface area (Å²) in [5, 5.41) is 8.94. The lowest BCUT2D eigenvalue weighted by Crippen LogP contribution is -2.28. The monoisotopic (exact) mass is 262 g/mol. The van der Waals surface area contributed by atoms with Gasteiger partial charge in [0.25, 0.3) is 0 Å². The second-order valence-corrected chi connectivity index (χ2v) is 4.14. The molecule has 6 heteroatoms. The van der Waals surface area contributed by atoms with Gasteiger partial charge in [0.2, 0.25) is 5.91 Å². The Balaban J connectivity index is 2.28. The molecule has 1 heterocycles. The molecule has 0 atom stereocenters. The fourth-order valence-electron chi connectivity index (χ4n) is 2.00. The molecule has 0 aromatic heterocycles. The van der Waals surface area contributed by atoms with E-state index in [1.54, 1.807) is 12.1 Å². The van der Waals surface area contributed by atoms with Crippen molar-refractivity contribution in [3.8, 4) is 5.75 Å². The van der Waals surface area contributed by atoms with Crippen LogP contribution >= 0.6 is 0 Å². The predicted octanol–water partition coefficient (Wildman–Crippen LogP) is 0.682. The van der Waals surface area contributed by atoms with Crippen molar-refractivity contribution in [2.75, 3.05) is 7.11 Å². The van der Waals surface area contributed by atoms with Gasteiger partial charge >= 0.3 is 5.97 Å².